The van der Waals surface area contributed by atoms with Crippen LogP contribution in [0.3, 0.4) is 0 Å². The van der Waals surface area contributed by atoms with Gasteiger partial charge in [-0.1, -0.05) is 18.2 Å². The summed E-state index contributed by atoms with van der Waals surface area (Å²) >= 11 is 0. The molecule has 0 saturated carbocycles. The Hall–Kier alpha value is -2.36. The first-order valence-electron chi connectivity index (χ1n) is 7.19. The van der Waals surface area contributed by atoms with Crippen LogP contribution in [0.2, 0.25) is 0 Å². The van der Waals surface area contributed by atoms with Gasteiger partial charge in [0.05, 0.1) is 0 Å². The summed E-state index contributed by atoms with van der Waals surface area (Å²) in [6.45, 7) is 1.47. The van der Waals surface area contributed by atoms with Crippen molar-refractivity contribution >= 4 is 11.6 Å². The molecule has 1 aromatic heterocycles. The molecule has 1 aliphatic rings. The summed E-state index contributed by atoms with van der Waals surface area (Å²) in [5.41, 5.74) is 3.51. The van der Waals surface area contributed by atoms with Crippen LogP contribution in [-0.4, -0.2) is 29.4 Å². The highest BCUT2D eigenvalue weighted by Crippen LogP contribution is 2.33. The van der Waals surface area contributed by atoms with Crippen molar-refractivity contribution in [2.45, 2.75) is 18.9 Å². The van der Waals surface area contributed by atoms with Crippen molar-refractivity contribution in [2.24, 2.45) is 0 Å². The van der Waals surface area contributed by atoms with Gasteiger partial charge in [0, 0.05) is 50.6 Å². The molecule has 1 amide bonds. The standard InChI is InChI=1S/C17H19N3O/c1-20(12-13-6-8-18-9-7-13)17(21)10-14-11-19-16-5-3-2-4-15(14)16/h2-9,14,19H,10-12H2,1H3. The minimum atomic E-state index is 0.176. The molecule has 1 aliphatic heterocycles. The Bertz CT molecular complexity index is 627. The number of fused-ring (bicyclic) bond motifs is 1. The van der Waals surface area contributed by atoms with E-state index in [0.717, 1.165) is 17.8 Å². The fourth-order valence-corrected chi connectivity index (χ4v) is 2.76. The Balaban J connectivity index is 1.62. The smallest absolute Gasteiger partial charge is 0.223 e. The average molecular weight is 281 g/mol. The van der Waals surface area contributed by atoms with Crippen molar-refractivity contribution in [2.75, 3.05) is 18.9 Å². The maximum absolute atomic E-state index is 12.4. The van der Waals surface area contributed by atoms with Crippen molar-refractivity contribution in [3.05, 3.63) is 59.9 Å². The lowest BCUT2D eigenvalue weighted by Crippen LogP contribution is -2.28. The van der Waals surface area contributed by atoms with E-state index in [1.54, 1.807) is 17.3 Å². The third kappa shape index (κ3) is 3.05. The molecule has 1 unspecified atom stereocenters. The van der Waals surface area contributed by atoms with Crippen LogP contribution in [0.5, 0.6) is 0 Å². The second kappa shape index (κ2) is 5.95. The predicted octanol–water partition coefficient (Wildman–Crippen LogP) is 2.64. The molecule has 21 heavy (non-hydrogen) atoms. The summed E-state index contributed by atoms with van der Waals surface area (Å²) in [4.78, 5) is 18.2. The zero-order valence-corrected chi connectivity index (χ0v) is 12.1. The number of benzene rings is 1. The molecule has 4 heteroatoms. The molecule has 3 rings (SSSR count). The van der Waals surface area contributed by atoms with Gasteiger partial charge in [0.15, 0.2) is 0 Å². The summed E-state index contributed by atoms with van der Waals surface area (Å²) in [7, 11) is 1.86. The zero-order valence-electron chi connectivity index (χ0n) is 12.1. The van der Waals surface area contributed by atoms with E-state index in [1.165, 1.54) is 5.56 Å². The van der Waals surface area contributed by atoms with Crippen molar-refractivity contribution in [3.63, 3.8) is 0 Å². The predicted molar refractivity (Wildman–Crippen MR) is 83.0 cm³/mol. The fraction of sp³-hybridized carbons (Fsp3) is 0.294. The van der Waals surface area contributed by atoms with Gasteiger partial charge in [0.25, 0.3) is 0 Å². The number of hydrogen-bond donors (Lipinski definition) is 1. The lowest BCUT2D eigenvalue weighted by molar-refractivity contribution is -0.130. The van der Waals surface area contributed by atoms with Gasteiger partial charge in [-0.25, -0.2) is 0 Å². The van der Waals surface area contributed by atoms with E-state index in [9.17, 15) is 4.79 Å². The number of carbonyl (C=O) groups excluding carboxylic acids is 1. The SMILES string of the molecule is CN(Cc1ccncc1)C(=O)CC1CNc2ccccc21. The molecule has 0 fully saturated rings. The van der Waals surface area contributed by atoms with E-state index in [4.69, 9.17) is 0 Å². The quantitative estimate of drug-likeness (QED) is 0.937. The van der Waals surface area contributed by atoms with Crippen molar-refractivity contribution < 1.29 is 4.79 Å². The van der Waals surface area contributed by atoms with Crippen molar-refractivity contribution in [1.29, 1.82) is 0 Å². The van der Waals surface area contributed by atoms with Gasteiger partial charge >= 0.3 is 0 Å². The monoisotopic (exact) mass is 281 g/mol. The van der Waals surface area contributed by atoms with Crippen LogP contribution in [0, 0.1) is 0 Å². The molecule has 2 aromatic rings. The van der Waals surface area contributed by atoms with Crippen LogP contribution >= 0.6 is 0 Å². The minimum Gasteiger partial charge on any atom is -0.384 e. The van der Waals surface area contributed by atoms with E-state index < -0.39 is 0 Å². The van der Waals surface area contributed by atoms with Gasteiger partial charge in [0.1, 0.15) is 0 Å². The molecule has 1 atom stereocenters. The molecular formula is C17H19N3O. The Morgan fingerprint density at radius 2 is 2.05 bits per heavy atom. The number of anilines is 1. The molecule has 0 aliphatic carbocycles. The Labute approximate surface area is 124 Å². The van der Waals surface area contributed by atoms with Gasteiger partial charge in [-0.2, -0.15) is 0 Å². The molecule has 108 valence electrons. The maximum Gasteiger partial charge on any atom is 0.223 e. The summed E-state index contributed by atoms with van der Waals surface area (Å²) in [6, 6.07) is 12.1. The highest BCUT2D eigenvalue weighted by molar-refractivity contribution is 5.78. The number of nitrogens with zero attached hydrogens (tertiary/aromatic N) is 2. The molecule has 0 saturated heterocycles. The van der Waals surface area contributed by atoms with Gasteiger partial charge in [-0.3, -0.25) is 9.78 Å². The molecule has 0 spiro atoms. The highest BCUT2D eigenvalue weighted by Gasteiger charge is 2.25. The largest absolute Gasteiger partial charge is 0.384 e. The van der Waals surface area contributed by atoms with Crippen molar-refractivity contribution in [1.82, 2.24) is 9.88 Å². The third-order valence-electron chi connectivity index (χ3n) is 3.96. The fourth-order valence-electron chi connectivity index (χ4n) is 2.76. The van der Waals surface area contributed by atoms with Crippen molar-refractivity contribution in [3.8, 4) is 0 Å². The maximum atomic E-state index is 12.4. The normalized spacial score (nSPS) is 16.1. The topological polar surface area (TPSA) is 45.2 Å². The highest BCUT2D eigenvalue weighted by atomic mass is 16.2. The van der Waals surface area contributed by atoms with E-state index in [1.807, 2.05) is 31.3 Å². The summed E-state index contributed by atoms with van der Waals surface area (Å²) in [5.74, 6) is 0.448. The number of rotatable bonds is 4. The van der Waals surface area contributed by atoms with Crippen LogP contribution in [0.4, 0.5) is 5.69 Å². The summed E-state index contributed by atoms with van der Waals surface area (Å²) in [6.07, 6.45) is 4.06. The first-order chi connectivity index (χ1) is 10.2. The van der Waals surface area contributed by atoms with E-state index in [0.29, 0.717) is 13.0 Å². The number of amides is 1. The van der Waals surface area contributed by atoms with Crippen LogP contribution in [-0.2, 0) is 11.3 Å². The Kier molecular flexibility index (Phi) is 3.86. The third-order valence-corrected chi connectivity index (χ3v) is 3.96. The second-order valence-corrected chi connectivity index (χ2v) is 5.47. The number of carbonyl (C=O) groups is 1. The lowest BCUT2D eigenvalue weighted by atomic mass is 9.97. The van der Waals surface area contributed by atoms with E-state index in [2.05, 4.69) is 22.4 Å². The summed E-state index contributed by atoms with van der Waals surface area (Å²) < 4.78 is 0. The van der Waals surface area contributed by atoms with Gasteiger partial charge in [0.2, 0.25) is 5.91 Å². The zero-order chi connectivity index (χ0) is 14.7. The minimum absolute atomic E-state index is 0.176. The number of para-hydroxylation sites is 1. The molecule has 1 aromatic carbocycles. The first kappa shape index (κ1) is 13.6. The number of nitrogens with one attached hydrogen (secondary N) is 1. The molecule has 1 N–H and O–H groups in total. The van der Waals surface area contributed by atoms with Crippen LogP contribution in [0.15, 0.2) is 48.8 Å². The molecular weight excluding hydrogens is 262 g/mol. The number of aromatic nitrogens is 1. The van der Waals surface area contributed by atoms with Gasteiger partial charge in [-0.15, -0.1) is 0 Å². The van der Waals surface area contributed by atoms with E-state index in [-0.39, 0.29) is 11.8 Å². The van der Waals surface area contributed by atoms with E-state index >= 15 is 0 Å². The second-order valence-electron chi connectivity index (χ2n) is 5.47. The average Bonchev–Trinajstić information content (AvgIpc) is 2.91. The Morgan fingerprint density at radius 3 is 2.86 bits per heavy atom. The first-order valence-corrected chi connectivity index (χ1v) is 7.19. The van der Waals surface area contributed by atoms with Gasteiger partial charge < -0.3 is 10.2 Å². The molecule has 0 bridgehead atoms. The summed E-state index contributed by atoms with van der Waals surface area (Å²) in [5, 5.41) is 3.37. The van der Waals surface area contributed by atoms with Crippen LogP contribution in [0.1, 0.15) is 23.5 Å². The Morgan fingerprint density at radius 1 is 1.29 bits per heavy atom. The van der Waals surface area contributed by atoms with Gasteiger partial charge in [-0.05, 0) is 29.3 Å². The van der Waals surface area contributed by atoms with Crippen LogP contribution < -0.4 is 5.32 Å². The molecule has 2 heterocycles. The lowest BCUT2D eigenvalue weighted by Gasteiger charge is -2.19. The number of hydrogen-bond acceptors (Lipinski definition) is 3. The number of pyridine rings is 1. The van der Waals surface area contributed by atoms with Crippen LogP contribution in [0.25, 0.3) is 0 Å². The molecule has 0 radical (unpaired) electrons. The molecule has 4 nitrogen and oxygen atoms in total.